The molecule has 2 heterocycles. The van der Waals surface area contributed by atoms with Gasteiger partial charge in [-0.1, -0.05) is 26.0 Å². The van der Waals surface area contributed by atoms with Crippen LogP contribution in [-0.2, 0) is 0 Å². The van der Waals surface area contributed by atoms with E-state index in [9.17, 15) is 0 Å². The molecule has 0 bridgehead atoms. The number of nitrogens with one attached hydrogen (secondary N) is 1. The summed E-state index contributed by atoms with van der Waals surface area (Å²) in [5.41, 5.74) is 9.01. The molecule has 19 heavy (non-hydrogen) atoms. The van der Waals surface area contributed by atoms with E-state index < -0.39 is 0 Å². The van der Waals surface area contributed by atoms with Gasteiger partial charge in [0.05, 0.1) is 16.9 Å². The minimum atomic E-state index is 0. The van der Waals surface area contributed by atoms with E-state index in [4.69, 9.17) is 5.73 Å². The summed E-state index contributed by atoms with van der Waals surface area (Å²) in [5, 5.41) is 4.52. The van der Waals surface area contributed by atoms with E-state index in [-0.39, 0.29) is 12.4 Å². The van der Waals surface area contributed by atoms with Crippen LogP contribution >= 0.6 is 23.7 Å². The van der Waals surface area contributed by atoms with Gasteiger partial charge in [-0.25, -0.2) is 4.99 Å². The van der Waals surface area contributed by atoms with Crippen LogP contribution in [0.3, 0.4) is 0 Å². The van der Waals surface area contributed by atoms with Crippen LogP contribution in [0.1, 0.15) is 30.2 Å². The predicted octanol–water partition coefficient (Wildman–Crippen LogP) is 4.39. The average molecular weight is 294 g/mol. The molecule has 3 N–H and O–H groups in total. The summed E-state index contributed by atoms with van der Waals surface area (Å²) < 4.78 is 0. The number of amidine groups is 1. The number of fused-ring (bicyclic) bond motifs is 2. The Morgan fingerprint density at radius 2 is 2.00 bits per heavy atom. The van der Waals surface area contributed by atoms with Gasteiger partial charge < -0.3 is 11.1 Å². The van der Waals surface area contributed by atoms with E-state index in [0.29, 0.717) is 11.8 Å². The molecule has 0 aliphatic carbocycles. The molecule has 0 unspecified atom stereocenters. The van der Waals surface area contributed by atoms with Crippen molar-refractivity contribution < 1.29 is 0 Å². The molecule has 0 amide bonds. The third kappa shape index (κ3) is 2.46. The zero-order chi connectivity index (χ0) is 12.7. The highest BCUT2D eigenvalue weighted by Gasteiger charge is 2.18. The van der Waals surface area contributed by atoms with Crippen LogP contribution in [0.15, 0.2) is 35.3 Å². The van der Waals surface area contributed by atoms with Gasteiger partial charge in [0.1, 0.15) is 10.8 Å². The predicted molar refractivity (Wildman–Crippen MR) is 85.8 cm³/mol. The number of nitrogens with zero attached hydrogens (tertiary/aromatic N) is 1. The third-order valence-electron chi connectivity index (χ3n) is 2.99. The van der Waals surface area contributed by atoms with E-state index in [0.717, 1.165) is 21.9 Å². The normalized spacial score (nSPS) is 12.7. The Hall–Kier alpha value is -1.52. The molecular formula is C14H16ClN3S. The Labute approximate surface area is 123 Å². The van der Waals surface area contributed by atoms with Crippen LogP contribution < -0.4 is 11.1 Å². The third-order valence-corrected chi connectivity index (χ3v) is 4.34. The fourth-order valence-corrected chi connectivity index (χ4v) is 3.05. The standard InChI is InChI=1S/C14H15N3S.ClH/c1-8(2)12-7-9-13(15)16-10-5-3-4-6-11(10)17-14(9)18-12;/h3-8,17H,1-2H3,(H2,15,16);1H. The lowest BCUT2D eigenvalue weighted by molar-refractivity contribution is 0.889. The van der Waals surface area contributed by atoms with Crippen LogP contribution in [0, 0.1) is 0 Å². The van der Waals surface area contributed by atoms with Crippen molar-refractivity contribution in [3.63, 3.8) is 0 Å². The fourth-order valence-electron chi connectivity index (χ4n) is 1.97. The number of hydrogen-bond donors (Lipinski definition) is 2. The van der Waals surface area contributed by atoms with Crippen LogP contribution in [0.5, 0.6) is 0 Å². The number of halogens is 1. The minimum Gasteiger partial charge on any atom is -0.383 e. The van der Waals surface area contributed by atoms with Crippen molar-refractivity contribution in [2.24, 2.45) is 10.7 Å². The maximum atomic E-state index is 6.09. The van der Waals surface area contributed by atoms with Gasteiger partial charge in [0.15, 0.2) is 0 Å². The Morgan fingerprint density at radius 3 is 2.74 bits per heavy atom. The molecule has 1 aliphatic heterocycles. The fraction of sp³-hybridized carbons (Fsp3) is 0.214. The summed E-state index contributed by atoms with van der Waals surface area (Å²) in [7, 11) is 0. The molecule has 1 aromatic heterocycles. The second kappa shape index (κ2) is 5.23. The second-order valence-corrected chi connectivity index (χ2v) is 5.77. The summed E-state index contributed by atoms with van der Waals surface area (Å²) in [6.07, 6.45) is 0. The Balaban J connectivity index is 0.00000133. The number of hydrogen-bond acceptors (Lipinski definition) is 4. The van der Waals surface area contributed by atoms with E-state index in [1.54, 1.807) is 11.3 Å². The quantitative estimate of drug-likeness (QED) is 0.819. The van der Waals surface area contributed by atoms with Gasteiger partial charge >= 0.3 is 0 Å². The van der Waals surface area contributed by atoms with Crippen molar-refractivity contribution >= 4 is 46.0 Å². The van der Waals surface area contributed by atoms with Gasteiger partial charge in [-0.15, -0.1) is 23.7 Å². The summed E-state index contributed by atoms with van der Waals surface area (Å²) in [4.78, 5) is 5.82. The average Bonchev–Trinajstić information content (AvgIpc) is 2.71. The maximum Gasteiger partial charge on any atom is 0.134 e. The summed E-state index contributed by atoms with van der Waals surface area (Å²) in [6, 6.07) is 10.1. The number of benzene rings is 1. The van der Waals surface area contributed by atoms with Crippen molar-refractivity contribution in [3.05, 3.63) is 40.8 Å². The molecule has 0 radical (unpaired) electrons. The molecule has 1 aliphatic rings. The number of para-hydroxylation sites is 2. The Bertz CT molecular complexity index is 631. The molecule has 2 aromatic rings. The second-order valence-electron chi connectivity index (χ2n) is 4.69. The summed E-state index contributed by atoms with van der Waals surface area (Å²) in [5.74, 6) is 1.09. The lowest BCUT2D eigenvalue weighted by Gasteiger charge is -2.05. The highest BCUT2D eigenvalue weighted by atomic mass is 35.5. The first-order chi connectivity index (χ1) is 8.65. The van der Waals surface area contributed by atoms with Gasteiger partial charge in [0.2, 0.25) is 0 Å². The highest BCUT2D eigenvalue weighted by molar-refractivity contribution is 7.16. The Kier molecular flexibility index (Phi) is 3.83. The summed E-state index contributed by atoms with van der Waals surface area (Å²) in [6.45, 7) is 4.37. The lowest BCUT2D eigenvalue weighted by atomic mass is 10.1. The molecule has 0 spiro atoms. The van der Waals surface area contributed by atoms with Crippen LogP contribution in [0.4, 0.5) is 16.4 Å². The van der Waals surface area contributed by atoms with E-state index in [1.807, 2.05) is 24.3 Å². The first-order valence-electron chi connectivity index (χ1n) is 5.99. The number of anilines is 2. The Morgan fingerprint density at radius 1 is 1.26 bits per heavy atom. The molecule has 0 fully saturated rings. The molecule has 1 aromatic carbocycles. The molecule has 5 heteroatoms. The SMILES string of the molecule is CC(C)c1cc2c(s1)Nc1ccccc1N=C2N.Cl. The van der Waals surface area contributed by atoms with Crippen LogP contribution in [0.2, 0.25) is 0 Å². The molecule has 0 atom stereocenters. The minimum absolute atomic E-state index is 0. The molecule has 100 valence electrons. The largest absolute Gasteiger partial charge is 0.383 e. The van der Waals surface area contributed by atoms with Crippen molar-refractivity contribution in [2.45, 2.75) is 19.8 Å². The molecule has 0 saturated heterocycles. The van der Waals surface area contributed by atoms with Gasteiger partial charge in [-0.05, 0) is 24.1 Å². The monoisotopic (exact) mass is 293 g/mol. The molecule has 3 rings (SSSR count). The van der Waals surface area contributed by atoms with Gasteiger partial charge in [-0.3, -0.25) is 0 Å². The van der Waals surface area contributed by atoms with E-state index >= 15 is 0 Å². The zero-order valence-electron chi connectivity index (χ0n) is 10.8. The number of rotatable bonds is 1. The van der Waals surface area contributed by atoms with Gasteiger partial charge in [0, 0.05) is 4.88 Å². The van der Waals surface area contributed by atoms with Crippen molar-refractivity contribution in [1.82, 2.24) is 0 Å². The van der Waals surface area contributed by atoms with Crippen molar-refractivity contribution in [1.29, 1.82) is 0 Å². The lowest BCUT2D eigenvalue weighted by Crippen LogP contribution is -2.11. The zero-order valence-corrected chi connectivity index (χ0v) is 12.4. The number of aliphatic imine (C=N–C) groups is 1. The first-order valence-corrected chi connectivity index (χ1v) is 6.81. The topological polar surface area (TPSA) is 50.4 Å². The smallest absolute Gasteiger partial charge is 0.134 e. The molecule has 3 nitrogen and oxygen atoms in total. The highest BCUT2D eigenvalue weighted by Crippen LogP contribution is 2.39. The van der Waals surface area contributed by atoms with Crippen molar-refractivity contribution in [2.75, 3.05) is 5.32 Å². The van der Waals surface area contributed by atoms with Gasteiger partial charge in [0.25, 0.3) is 0 Å². The maximum absolute atomic E-state index is 6.09. The molecular weight excluding hydrogens is 278 g/mol. The van der Waals surface area contributed by atoms with Crippen LogP contribution in [-0.4, -0.2) is 5.84 Å². The summed E-state index contributed by atoms with van der Waals surface area (Å²) >= 11 is 1.75. The van der Waals surface area contributed by atoms with E-state index in [2.05, 4.69) is 30.2 Å². The first kappa shape index (κ1) is 13.9. The van der Waals surface area contributed by atoms with Crippen molar-refractivity contribution in [3.8, 4) is 0 Å². The number of thiophene rings is 1. The van der Waals surface area contributed by atoms with Gasteiger partial charge in [-0.2, -0.15) is 0 Å². The molecule has 0 saturated carbocycles. The van der Waals surface area contributed by atoms with E-state index in [1.165, 1.54) is 4.88 Å². The number of nitrogens with two attached hydrogens (primary N) is 1. The van der Waals surface area contributed by atoms with Crippen LogP contribution in [0.25, 0.3) is 0 Å².